The molecule has 3 N–H and O–H groups in total. The van der Waals surface area contributed by atoms with Crippen LogP contribution in [-0.2, 0) is 4.79 Å². The highest BCUT2D eigenvalue weighted by atomic mass is 35.5. The van der Waals surface area contributed by atoms with Crippen LogP contribution in [0.4, 0.5) is 0 Å². The summed E-state index contributed by atoms with van der Waals surface area (Å²) < 4.78 is 5.53. The average Bonchev–Trinajstić information content (AvgIpc) is 2.58. The van der Waals surface area contributed by atoms with E-state index in [1.807, 2.05) is 18.2 Å². The molecule has 5 nitrogen and oxygen atoms in total. The molecule has 27 heavy (non-hydrogen) atoms. The highest BCUT2D eigenvalue weighted by Crippen LogP contribution is 2.38. The molecule has 144 valence electrons. The first-order chi connectivity index (χ1) is 12.8. The van der Waals surface area contributed by atoms with E-state index in [9.17, 15) is 15.0 Å². The Kier molecular flexibility index (Phi) is 7.68. The van der Waals surface area contributed by atoms with Gasteiger partial charge in [-0.3, -0.25) is 4.79 Å². The molecule has 0 amide bonds. The van der Waals surface area contributed by atoms with Crippen molar-refractivity contribution in [3.05, 3.63) is 58.1 Å². The summed E-state index contributed by atoms with van der Waals surface area (Å²) in [4.78, 5) is 10.6. The van der Waals surface area contributed by atoms with Gasteiger partial charge in [-0.1, -0.05) is 59.6 Å². The Labute approximate surface area is 167 Å². The molecule has 0 fully saturated rings. The molecule has 0 bridgehead atoms. The maximum absolute atomic E-state index is 10.6. The molecule has 2 rings (SSSR count). The highest BCUT2D eigenvalue weighted by Gasteiger charge is 2.15. The summed E-state index contributed by atoms with van der Waals surface area (Å²) in [6.45, 7) is 0. The largest absolute Gasteiger partial charge is 0.495 e. The number of para-hydroxylation sites is 1. The number of ether oxygens (including phenoxy) is 1. The SMILES string of the molecule is COc1c(/C=C/C(O)CC(O)CC(=O)O)cccc1-c1ccc(Cl)cc1Cl. The van der Waals surface area contributed by atoms with E-state index in [2.05, 4.69) is 0 Å². The van der Waals surface area contributed by atoms with Gasteiger partial charge in [0.2, 0.25) is 0 Å². The topological polar surface area (TPSA) is 87.0 Å². The molecule has 0 aliphatic rings. The lowest BCUT2D eigenvalue weighted by molar-refractivity contribution is -0.139. The Hall–Kier alpha value is -2.05. The molecule has 0 aromatic heterocycles. The van der Waals surface area contributed by atoms with E-state index in [-0.39, 0.29) is 6.42 Å². The molecule has 2 aromatic rings. The molecule has 2 unspecified atom stereocenters. The summed E-state index contributed by atoms with van der Waals surface area (Å²) >= 11 is 12.3. The molecule has 0 aliphatic carbocycles. The van der Waals surface area contributed by atoms with Crippen molar-refractivity contribution in [1.29, 1.82) is 0 Å². The number of aliphatic carboxylic acids is 1. The van der Waals surface area contributed by atoms with Gasteiger partial charge in [0.05, 0.1) is 30.8 Å². The van der Waals surface area contributed by atoms with Gasteiger partial charge < -0.3 is 20.1 Å². The van der Waals surface area contributed by atoms with Crippen molar-refractivity contribution in [2.75, 3.05) is 7.11 Å². The fourth-order valence-electron chi connectivity index (χ4n) is 2.69. The van der Waals surface area contributed by atoms with Crippen LogP contribution < -0.4 is 4.74 Å². The fraction of sp³-hybridized carbons (Fsp3) is 0.250. The Bertz CT molecular complexity index is 835. The first-order valence-electron chi connectivity index (χ1n) is 8.20. The molecule has 0 aliphatic heterocycles. The van der Waals surface area contributed by atoms with Crippen molar-refractivity contribution in [1.82, 2.24) is 0 Å². The summed E-state index contributed by atoms with van der Waals surface area (Å²) in [5.74, 6) is -0.552. The maximum Gasteiger partial charge on any atom is 0.305 e. The molecule has 2 aromatic carbocycles. The quantitative estimate of drug-likeness (QED) is 0.604. The minimum absolute atomic E-state index is 0.0756. The standard InChI is InChI=1S/C20H20Cl2O5/c1-27-20-12(5-7-14(23)10-15(24)11-19(25)26)3-2-4-17(20)16-8-6-13(21)9-18(16)22/h2-9,14-15,23-24H,10-11H2,1H3,(H,25,26)/b7-5+. The lowest BCUT2D eigenvalue weighted by Crippen LogP contribution is -2.19. The zero-order valence-corrected chi connectivity index (χ0v) is 16.1. The van der Waals surface area contributed by atoms with Gasteiger partial charge in [0.25, 0.3) is 0 Å². The van der Waals surface area contributed by atoms with E-state index < -0.39 is 24.6 Å². The van der Waals surface area contributed by atoms with Crippen molar-refractivity contribution < 1.29 is 24.9 Å². The van der Waals surface area contributed by atoms with Crippen LogP contribution in [0.15, 0.2) is 42.5 Å². The van der Waals surface area contributed by atoms with Crippen LogP contribution >= 0.6 is 23.2 Å². The maximum atomic E-state index is 10.6. The predicted octanol–water partition coefficient (Wildman–Crippen LogP) is 4.27. The van der Waals surface area contributed by atoms with Crippen molar-refractivity contribution in [3.63, 3.8) is 0 Å². The summed E-state index contributed by atoms with van der Waals surface area (Å²) in [7, 11) is 1.53. The van der Waals surface area contributed by atoms with E-state index in [4.69, 9.17) is 33.0 Å². The number of methoxy groups -OCH3 is 1. The third kappa shape index (κ3) is 5.97. The Morgan fingerprint density at radius 1 is 1.19 bits per heavy atom. The highest BCUT2D eigenvalue weighted by molar-refractivity contribution is 6.36. The fourth-order valence-corrected chi connectivity index (χ4v) is 3.20. The zero-order valence-electron chi connectivity index (χ0n) is 14.6. The van der Waals surface area contributed by atoms with Gasteiger partial charge in [-0.05, 0) is 12.1 Å². The molecule has 0 heterocycles. The zero-order chi connectivity index (χ0) is 20.0. The number of carboxylic acid groups (broad SMARTS) is 1. The molecular formula is C20H20Cl2O5. The van der Waals surface area contributed by atoms with Gasteiger partial charge in [0.1, 0.15) is 5.75 Å². The van der Waals surface area contributed by atoms with E-state index in [0.717, 1.165) is 11.1 Å². The Morgan fingerprint density at radius 2 is 1.93 bits per heavy atom. The van der Waals surface area contributed by atoms with Crippen LogP contribution in [-0.4, -0.2) is 40.6 Å². The minimum atomic E-state index is -1.12. The van der Waals surface area contributed by atoms with Crippen LogP contribution in [0, 0.1) is 0 Å². The van der Waals surface area contributed by atoms with Gasteiger partial charge in [-0.25, -0.2) is 0 Å². The first kappa shape index (κ1) is 21.3. The number of halogens is 2. The Balaban J connectivity index is 2.26. The lowest BCUT2D eigenvalue weighted by atomic mass is 10.00. The molecular weight excluding hydrogens is 391 g/mol. The number of hydrogen-bond donors (Lipinski definition) is 3. The monoisotopic (exact) mass is 410 g/mol. The smallest absolute Gasteiger partial charge is 0.305 e. The average molecular weight is 411 g/mol. The second kappa shape index (κ2) is 9.76. The number of benzene rings is 2. The normalized spacial score (nSPS) is 13.5. The van der Waals surface area contributed by atoms with E-state index in [0.29, 0.717) is 21.4 Å². The van der Waals surface area contributed by atoms with Crippen LogP contribution in [0.25, 0.3) is 17.2 Å². The molecule has 0 saturated heterocycles. The van der Waals surface area contributed by atoms with Crippen molar-refractivity contribution in [2.45, 2.75) is 25.0 Å². The van der Waals surface area contributed by atoms with Crippen molar-refractivity contribution >= 4 is 35.2 Å². The van der Waals surface area contributed by atoms with Crippen molar-refractivity contribution in [3.8, 4) is 16.9 Å². The molecule has 0 saturated carbocycles. The molecule has 2 atom stereocenters. The van der Waals surface area contributed by atoms with E-state index in [1.54, 1.807) is 24.3 Å². The van der Waals surface area contributed by atoms with Gasteiger partial charge >= 0.3 is 5.97 Å². The second-order valence-corrected chi connectivity index (χ2v) is 6.81. The number of carboxylic acids is 1. The molecule has 0 radical (unpaired) electrons. The second-order valence-electron chi connectivity index (χ2n) is 5.97. The van der Waals surface area contributed by atoms with E-state index in [1.165, 1.54) is 13.2 Å². The molecule has 0 spiro atoms. The molecule has 7 heteroatoms. The number of carbonyl (C=O) groups is 1. The van der Waals surface area contributed by atoms with Gasteiger partial charge in [0, 0.05) is 28.1 Å². The summed E-state index contributed by atoms with van der Waals surface area (Å²) in [6, 6.07) is 10.7. The summed E-state index contributed by atoms with van der Waals surface area (Å²) in [6.07, 6.45) is 0.530. The van der Waals surface area contributed by atoms with Gasteiger partial charge in [-0.15, -0.1) is 0 Å². The Morgan fingerprint density at radius 3 is 2.56 bits per heavy atom. The summed E-state index contributed by atoms with van der Waals surface area (Å²) in [5, 5.41) is 29.3. The number of aliphatic hydroxyl groups is 2. The predicted molar refractivity (Wildman–Crippen MR) is 106 cm³/mol. The van der Waals surface area contributed by atoms with Gasteiger partial charge in [-0.2, -0.15) is 0 Å². The third-order valence-corrected chi connectivity index (χ3v) is 4.44. The minimum Gasteiger partial charge on any atom is -0.495 e. The van der Waals surface area contributed by atoms with Crippen LogP contribution in [0.2, 0.25) is 10.0 Å². The van der Waals surface area contributed by atoms with Crippen molar-refractivity contribution in [2.24, 2.45) is 0 Å². The van der Waals surface area contributed by atoms with Crippen LogP contribution in [0.1, 0.15) is 18.4 Å². The first-order valence-corrected chi connectivity index (χ1v) is 8.96. The number of aliphatic hydroxyl groups excluding tert-OH is 2. The van der Waals surface area contributed by atoms with Gasteiger partial charge in [0.15, 0.2) is 0 Å². The number of hydrogen-bond acceptors (Lipinski definition) is 4. The van der Waals surface area contributed by atoms with E-state index >= 15 is 0 Å². The number of rotatable bonds is 8. The van der Waals surface area contributed by atoms with Crippen LogP contribution in [0.3, 0.4) is 0 Å². The lowest BCUT2D eigenvalue weighted by Gasteiger charge is -2.14. The summed E-state index contributed by atoms with van der Waals surface area (Å²) in [5.41, 5.74) is 2.22. The van der Waals surface area contributed by atoms with Crippen LogP contribution in [0.5, 0.6) is 5.75 Å². The third-order valence-electron chi connectivity index (χ3n) is 3.89.